The number of rotatable bonds is 4. The summed E-state index contributed by atoms with van der Waals surface area (Å²) in [5.74, 6) is 0. The first kappa shape index (κ1) is 46.2. The first-order valence-electron chi connectivity index (χ1n) is 26.8. The van der Waals surface area contributed by atoms with Gasteiger partial charge in [0.15, 0.2) is 0 Å². The SMILES string of the molecule is CC(C)(C)c1ccc(N2c3ccc(C(C)(C)C)cc3B3c4cc(C(C)(C)C)ccc4N(c4ccc5c(c4)sc4ccccc45)c4cc(N5c6ccc(-c7cccnc7)cc6C6(C)CCCCC56C)cc2c43)cc1. The molecule has 4 nitrogen and oxygen atoms in total. The van der Waals surface area contributed by atoms with Crippen molar-refractivity contribution in [1.29, 1.82) is 0 Å². The van der Waals surface area contributed by atoms with Crippen LogP contribution in [0.5, 0.6) is 0 Å². The molecule has 0 amide bonds. The van der Waals surface area contributed by atoms with E-state index in [4.69, 9.17) is 0 Å². The fourth-order valence-electron chi connectivity index (χ4n) is 13.4. The number of hydrogen-bond acceptors (Lipinski definition) is 5. The Kier molecular flexibility index (Phi) is 10.1. The molecule has 0 radical (unpaired) electrons. The number of nitrogens with zero attached hydrogens (tertiary/aromatic N) is 4. The minimum Gasteiger partial charge on any atom is -0.334 e. The van der Waals surface area contributed by atoms with Crippen LogP contribution in [0.1, 0.15) is 124 Å². The van der Waals surface area contributed by atoms with Gasteiger partial charge in [0, 0.05) is 83.5 Å². The van der Waals surface area contributed by atoms with E-state index in [1.165, 1.54) is 123 Å². The largest absolute Gasteiger partial charge is 0.334 e. The second-order valence-electron chi connectivity index (χ2n) is 25.2. The van der Waals surface area contributed by atoms with Gasteiger partial charge in [0.05, 0.1) is 5.54 Å². The van der Waals surface area contributed by atoms with E-state index in [0.717, 1.165) is 18.4 Å². The zero-order valence-electron chi connectivity index (χ0n) is 44.6. The number of thiophene rings is 1. The van der Waals surface area contributed by atoms with Gasteiger partial charge < -0.3 is 14.7 Å². The van der Waals surface area contributed by atoms with Crippen molar-refractivity contribution in [3.05, 3.63) is 180 Å². The Morgan fingerprint density at radius 3 is 1.73 bits per heavy atom. The van der Waals surface area contributed by atoms with Gasteiger partial charge in [0.2, 0.25) is 0 Å². The predicted molar refractivity (Wildman–Crippen MR) is 315 cm³/mol. The molecule has 9 aromatic rings. The second kappa shape index (κ2) is 15.9. The first-order chi connectivity index (χ1) is 34.8. The summed E-state index contributed by atoms with van der Waals surface area (Å²) >= 11 is 1.90. The monoisotopic (exact) mass is 971 g/mol. The molecule has 2 aromatic heterocycles. The second-order valence-corrected chi connectivity index (χ2v) is 26.3. The summed E-state index contributed by atoms with van der Waals surface area (Å²) in [7, 11) is 0. The highest BCUT2D eigenvalue weighted by atomic mass is 32.1. The Hall–Kier alpha value is -6.63. The van der Waals surface area contributed by atoms with Gasteiger partial charge >= 0.3 is 0 Å². The van der Waals surface area contributed by atoms with Gasteiger partial charge in [-0.05, 0) is 159 Å². The molecular formula is C67H67BN4S. The number of benzene rings is 7. The fraction of sp³-hybridized carbons (Fsp3) is 0.299. The quantitative estimate of drug-likeness (QED) is 0.164. The van der Waals surface area contributed by atoms with Crippen LogP contribution >= 0.6 is 11.3 Å². The highest BCUT2D eigenvalue weighted by Gasteiger charge is 2.58. The number of pyridine rings is 1. The van der Waals surface area contributed by atoms with Crippen LogP contribution in [0.2, 0.25) is 0 Å². The van der Waals surface area contributed by atoms with E-state index in [2.05, 4.69) is 241 Å². The van der Waals surface area contributed by atoms with Crippen molar-refractivity contribution in [3.8, 4) is 11.1 Å². The Balaban J connectivity index is 1.14. The molecule has 5 heterocycles. The van der Waals surface area contributed by atoms with E-state index < -0.39 is 0 Å². The lowest BCUT2D eigenvalue weighted by molar-refractivity contribution is 0.195. The normalized spacial score (nSPS) is 19.2. The zero-order valence-corrected chi connectivity index (χ0v) is 45.4. The molecule has 0 spiro atoms. The van der Waals surface area contributed by atoms with Gasteiger partial charge in [-0.15, -0.1) is 11.3 Å². The smallest absolute Gasteiger partial charge is 0.252 e. The first-order valence-corrected chi connectivity index (χ1v) is 27.6. The maximum Gasteiger partial charge on any atom is 0.252 e. The summed E-state index contributed by atoms with van der Waals surface area (Å²) in [5.41, 5.74) is 21.6. The molecule has 6 heteroatoms. The van der Waals surface area contributed by atoms with Crippen molar-refractivity contribution < 1.29 is 0 Å². The van der Waals surface area contributed by atoms with Gasteiger partial charge in [0.1, 0.15) is 0 Å². The highest BCUT2D eigenvalue weighted by Crippen LogP contribution is 2.62. The maximum absolute atomic E-state index is 4.56. The lowest BCUT2D eigenvalue weighted by atomic mass is 9.33. The zero-order chi connectivity index (χ0) is 50.6. The van der Waals surface area contributed by atoms with E-state index in [1.807, 2.05) is 23.7 Å². The third-order valence-corrected chi connectivity index (χ3v) is 18.9. The lowest BCUT2D eigenvalue weighted by Crippen LogP contribution is -2.62. The lowest BCUT2D eigenvalue weighted by Gasteiger charge is -2.51. The topological polar surface area (TPSA) is 22.6 Å². The molecule has 1 aliphatic carbocycles. The van der Waals surface area contributed by atoms with Gasteiger partial charge in [0.25, 0.3) is 6.71 Å². The molecular weight excluding hydrogens is 904 g/mol. The Labute approximate surface area is 437 Å². The molecule has 0 N–H and O–H groups in total. The van der Waals surface area contributed by atoms with Crippen LogP contribution in [0.25, 0.3) is 31.3 Å². The van der Waals surface area contributed by atoms with E-state index in [9.17, 15) is 0 Å². The minimum absolute atomic E-state index is 0.00788. The Morgan fingerprint density at radius 1 is 0.493 bits per heavy atom. The summed E-state index contributed by atoms with van der Waals surface area (Å²) < 4.78 is 2.63. The van der Waals surface area contributed by atoms with Crippen LogP contribution in [0.4, 0.5) is 45.5 Å². The molecule has 3 aliphatic heterocycles. The van der Waals surface area contributed by atoms with Gasteiger partial charge in [-0.25, -0.2) is 0 Å². The highest BCUT2D eigenvalue weighted by molar-refractivity contribution is 7.25. The average Bonchev–Trinajstić information content (AvgIpc) is 3.84. The molecule has 0 bridgehead atoms. The molecule has 0 saturated heterocycles. The summed E-state index contributed by atoms with van der Waals surface area (Å²) in [4.78, 5) is 12.6. The Morgan fingerprint density at radius 2 is 1.08 bits per heavy atom. The van der Waals surface area contributed by atoms with Gasteiger partial charge in [-0.3, -0.25) is 4.98 Å². The van der Waals surface area contributed by atoms with E-state index in [-0.39, 0.29) is 33.9 Å². The fourth-order valence-corrected chi connectivity index (χ4v) is 14.6. The van der Waals surface area contributed by atoms with Crippen LogP contribution in [0.15, 0.2) is 158 Å². The molecule has 73 heavy (non-hydrogen) atoms. The summed E-state index contributed by atoms with van der Waals surface area (Å²) in [5, 5.41) is 2.64. The molecule has 4 aliphatic rings. The number of anilines is 8. The molecule has 2 atom stereocenters. The van der Waals surface area contributed by atoms with E-state index in [0.29, 0.717) is 0 Å². The van der Waals surface area contributed by atoms with Crippen LogP contribution < -0.4 is 31.1 Å². The predicted octanol–water partition coefficient (Wildman–Crippen LogP) is 16.8. The number of aromatic nitrogens is 1. The molecule has 13 rings (SSSR count). The van der Waals surface area contributed by atoms with Crippen molar-refractivity contribution in [1.82, 2.24) is 4.98 Å². The van der Waals surface area contributed by atoms with Gasteiger partial charge in [-0.1, -0.05) is 155 Å². The third-order valence-electron chi connectivity index (χ3n) is 17.8. The van der Waals surface area contributed by atoms with Gasteiger partial charge in [-0.2, -0.15) is 0 Å². The average molecular weight is 971 g/mol. The molecule has 7 aromatic carbocycles. The summed E-state index contributed by atoms with van der Waals surface area (Å²) in [6, 6.07) is 57.2. The minimum atomic E-state index is -0.177. The standard InChI is InChI=1S/C67H67BN4S/c1-63(2,3)44-21-25-47(26-22-44)70-56-30-23-45(64(4,5)6)36-53(56)68-54-37-46(65(7,8)9)24-31-57(54)71(48-27-28-51-50-18-12-13-19-60(50)73-61(51)40-48)59-39-49(38-58(70)62(59)68)72-55-29-20-42(43-17-16-34-69-41-43)35-52(55)66(10)32-14-15-33-67(66,72)11/h12-13,16-31,34-41H,14-15,32-33H2,1-11H3. The Bertz CT molecular complexity index is 3700. The van der Waals surface area contributed by atoms with Crippen LogP contribution in [0, 0.1) is 0 Å². The number of hydrogen-bond donors (Lipinski definition) is 0. The van der Waals surface area contributed by atoms with Crippen molar-refractivity contribution in [3.63, 3.8) is 0 Å². The van der Waals surface area contributed by atoms with Crippen LogP contribution in [-0.2, 0) is 21.7 Å². The van der Waals surface area contributed by atoms with Crippen LogP contribution in [0.3, 0.4) is 0 Å². The third kappa shape index (κ3) is 6.95. The maximum atomic E-state index is 4.56. The van der Waals surface area contributed by atoms with Crippen molar-refractivity contribution in [2.24, 2.45) is 0 Å². The molecule has 2 unspecified atom stereocenters. The molecule has 364 valence electrons. The van der Waals surface area contributed by atoms with E-state index >= 15 is 0 Å². The van der Waals surface area contributed by atoms with E-state index in [1.54, 1.807) is 0 Å². The van der Waals surface area contributed by atoms with Crippen LogP contribution in [-0.4, -0.2) is 17.2 Å². The summed E-state index contributed by atoms with van der Waals surface area (Å²) in [6.45, 7) is 26.2. The summed E-state index contributed by atoms with van der Waals surface area (Å²) in [6.07, 6.45) is 8.56. The van der Waals surface area contributed by atoms with Crippen molar-refractivity contribution >= 4 is 100 Å². The van der Waals surface area contributed by atoms with Crippen molar-refractivity contribution in [2.45, 2.75) is 129 Å². The van der Waals surface area contributed by atoms with Crippen molar-refractivity contribution in [2.75, 3.05) is 14.7 Å². The molecule has 1 fully saturated rings. The molecule has 1 saturated carbocycles. The number of fused-ring (bicyclic) bond motifs is 10.